The number of thioether (sulfide) groups is 1. The SMILES string of the molecule is CCC(Sc1nn(C)c(=O)n(C)c1=O)C(=O)O. The number of aromatic nitrogens is 3. The van der Waals surface area contributed by atoms with Crippen molar-refractivity contribution in [3.63, 3.8) is 0 Å². The lowest BCUT2D eigenvalue weighted by molar-refractivity contribution is -0.136. The van der Waals surface area contributed by atoms with Crippen molar-refractivity contribution in [1.29, 1.82) is 0 Å². The van der Waals surface area contributed by atoms with Gasteiger partial charge in [-0.05, 0) is 6.42 Å². The van der Waals surface area contributed by atoms with Gasteiger partial charge in [-0.1, -0.05) is 18.7 Å². The molecule has 1 heterocycles. The first kappa shape index (κ1) is 13.5. The van der Waals surface area contributed by atoms with Gasteiger partial charge in [-0.2, -0.15) is 5.10 Å². The highest BCUT2D eigenvalue weighted by Gasteiger charge is 2.20. The Labute approximate surface area is 101 Å². The standard InChI is InChI=1S/C9H13N3O4S/c1-4-5(8(14)15)17-6-7(13)11(2)9(16)12(3)10-6/h5H,4H2,1-3H3,(H,14,15). The molecule has 17 heavy (non-hydrogen) atoms. The molecule has 0 aromatic carbocycles. The molecular weight excluding hydrogens is 246 g/mol. The monoisotopic (exact) mass is 259 g/mol. The Balaban J connectivity index is 3.21. The molecule has 1 aromatic rings. The second-order valence-corrected chi connectivity index (χ2v) is 4.62. The Kier molecular flexibility index (Phi) is 4.11. The van der Waals surface area contributed by atoms with Crippen molar-refractivity contribution in [1.82, 2.24) is 14.3 Å². The number of carbonyl (C=O) groups is 1. The van der Waals surface area contributed by atoms with Crippen molar-refractivity contribution in [3.8, 4) is 0 Å². The summed E-state index contributed by atoms with van der Waals surface area (Å²) in [6, 6.07) is 0. The van der Waals surface area contributed by atoms with Crippen molar-refractivity contribution in [2.75, 3.05) is 0 Å². The molecule has 1 rings (SSSR count). The van der Waals surface area contributed by atoms with Crippen molar-refractivity contribution >= 4 is 17.7 Å². The summed E-state index contributed by atoms with van der Waals surface area (Å²) in [6.07, 6.45) is 0.369. The molecule has 1 aromatic heterocycles. The molecule has 0 aliphatic heterocycles. The zero-order chi connectivity index (χ0) is 13.2. The third kappa shape index (κ3) is 2.76. The average molecular weight is 259 g/mol. The summed E-state index contributed by atoms with van der Waals surface area (Å²) in [5.74, 6) is -1.00. The predicted octanol–water partition coefficient (Wildman–Crippen LogP) is -0.566. The van der Waals surface area contributed by atoms with Crippen molar-refractivity contribution in [2.24, 2.45) is 14.1 Å². The van der Waals surface area contributed by atoms with Gasteiger partial charge in [-0.15, -0.1) is 0 Å². The Morgan fingerprint density at radius 2 is 2.06 bits per heavy atom. The van der Waals surface area contributed by atoms with Crippen LogP contribution in [0.25, 0.3) is 0 Å². The first-order valence-corrected chi connectivity index (χ1v) is 5.80. The fourth-order valence-electron chi connectivity index (χ4n) is 1.19. The number of hydrogen-bond acceptors (Lipinski definition) is 5. The van der Waals surface area contributed by atoms with E-state index in [1.165, 1.54) is 14.1 Å². The van der Waals surface area contributed by atoms with Gasteiger partial charge >= 0.3 is 11.7 Å². The molecule has 94 valence electrons. The normalized spacial score (nSPS) is 12.4. The molecule has 0 bridgehead atoms. The lowest BCUT2D eigenvalue weighted by atomic mass is 10.3. The molecule has 1 unspecified atom stereocenters. The number of nitrogens with zero attached hydrogens (tertiary/aromatic N) is 3. The molecule has 1 N–H and O–H groups in total. The minimum Gasteiger partial charge on any atom is -0.480 e. The summed E-state index contributed by atoms with van der Waals surface area (Å²) in [5, 5.41) is 11.9. The smallest absolute Gasteiger partial charge is 0.346 e. The van der Waals surface area contributed by atoms with Crippen molar-refractivity contribution in [2.45, 2.75) is 23.6 Å². The third-order valence-electron chi connectivity index (χ3n) is 2.19. The minimum absolute atomic E-state index is 0.0175. The maximum absolute atomic E-state index is 11.7. The van der Waals surface area contributed by atoms with Gasteiger partial charge < -0.3 is 5.11 Å². The maximum Gasteiger partial charge on any atom is 0.346 e. The number of hydrogen-bond donors (Lipinski definition) is 1. The van der Waals surface area contributed by atoms with Gasteiger partial charge in [0.05, 0.1) is 0 Å². The molecule has 1 atom stereocenters. The van der Waals surface area contributed by atoms with Crippen LogP contribution < -0.4 is 11.2 Å². The molecule has 8 heteroatoms. The molecule has 0 saturated carbocycles. The van der Waals surface area contributed by atoms with Gasteiger partial charge in [0.2, 0.25) is 0 Å². The molecule has 7 nitrogen and oxygen atoms in total. The van der Waals surface area contributed by atoms with E-state index in [0.29, 0.717) is 6.42 Å². The highest BCUT2D eigenvalue weighted by molar-refractivity contribution is 8.00. The summed E-state index contributed by atoms with van der Waals surface area (Å²) >= 11 is 0.857. The topological polar surface area (TPSA) is 94.2 Å². The van der Waals surface area contributed by atoms with Crippen LogP contribution in [0.15, 0.2) is 14.6 Å². The van der Waals surface area contributed by atoms with E-state index in [2.05, 4.69) is 5.10 Å². The van der Waals surface area contributed by atoms with Crippen LogP contribution in [0.5, 0.6) is 0 Å². The third-order valence-corrected chi connectivity index (χ3v) is 3.49. The van der Waals surface area contributed by atoms with Gasteiger partial charge in [0.25, 0.3) is 5.56 Å². The van der Waals surface area contributed by atoms with E-state index < -0.39 is 22.5 Å². The van der Waals surface area contributed by atoms with E-state index in [-0.39, 0.29) is 5.03 Å². The van der Waals surface area contributed by atoms with Crippen LogP contribution in [0.2, 0.25) is 0 Å². The summed E-state index contributed by atoms with van der Waals surface area (Å²) < 4.78 is 1.92. The molecule has 0 spiro atoms. The summed E-state index contributed by atoms with van der Waals surface area (Å²) in [7, 11) is 2.74. The van der Waals surface area contributed by atoms with Crippen molar-refractivity contribution < 1.29 is 9.90 Å². The summed E-state index contributed by atoms with van der Waals surface area (Å²) in [5.41, 5.74) is -1.11. The van der Waals surface area contributed by atoms with E-state index in [9.17, 15) is 14.4 Å². The first-order valence-electron chi connectivity index (χ1n) is 4.92. The fraction of sp³-hybridized carbons (Fsp3) is 0.556. The largest absolute Gasteiger partial charge is 0.480 e. The zero-order valence-corrected chi connectivity index (χ0v) is 10.5. The van der Waals surface area contributed by atoms with Gasteiger partial charge in [0.15, 0.2) is 5.03 Å². The van der Waals surface area contributed by atoms with Gasteiger partial charge in [0, 0.05) is 14.1 Å². The molecule has 0 aliphatic rings. The lowest BCUT2D eigenvalue weighted by Crippen LogP contribution is -2.39. The summed E-state index contributed by atoms with van der Waals surface area (Å²) in [4.78, 5) is 33.9. The van der Waals surface area contributed by atoms with E-state index in [4.69, 9.17) is 5.11 Å². The van der Waals surface area contributed by atoms with E-state index in [0.717, 1.165) is 21.0 Å². The second kappa shape index (κ2) is 5.17. The van der Waals surface area contributed by atoms with Crippen LogP contribution in [0.4, 0.5) is 0 Å². The van der Waals surface area contributed by atoms with Crippen LogP contribution in [0.3, 0.4) is 0 Å². The highest BCUT2D eigenvalue weighted by atomic mass is 32.2. The Bertz CT molecular complexity index is 548. The molecular formula is C9H13N3O4S. The van der Waals surface area contributed by atoms with Gasteiger partial charge in [-0.25, -0.2) is 9.48 Å². The average Bonchev–Trinajstić information content (AvgIpc) is 2.29. The number of aliphatic carboxylic acids is 1. The van der Waals surface area contributed by atoms with Crippen LogP contribution in [-0.2, 0) is 18.9 Å². The molecule has 0 amide bonds. The quantitative estimate of drug-likeness (QED) is 0.728. The highest BCUT2D eigenvalue weighted by Crippen LogP contribution is 2.20. The Morgan fingerprint density at radius 1 is 1.47 bits per heavy atom. The van der Waals surface area contributed by atoms with Crippen LogP contribution in [0.1, 0.15) is 13.3 Å². The fourth-order valence-corrected chi connectivity index (χ4v) is 2.13. The van der Waals surface area contributed by atoms with Gasteiger partial charge in [0.1, 0.15) is 5.25 Å². The number of aryl methyl sites for hydroxylation is 1. The zero-order valence-electron chi connectivity index (χ0n) is 9.71. The molecule has 0 saturated heterocycles. The Hall–Kier alpha value is -1.57. The first-order chi connectivity index (χ1) is 7.88. The summed E-state index contributed by atoms with van der Waals surface area (Å²) in [6.45, 7) is 1.71. The van der Waals surface area contributed by atoms with E-state index in [1.807, 2.05) is 0 Å². The lowest BCUT2D eigenvalue weighted by Gasteiger charge is -2.09. The minimum atomic E-state index is -1.00. The van der Waals surface area contributed by atoms with E-state index >= 15 is 0 Å². The maximum atomic E-state index is 11.7. The van der Waals surface area contributed by atoms with Crippen LogP contribution >= 0.6 is 11.8 Å². The molecule has 0 radical (unpaired) electrons. The number of carboxylic acid groups (broad SMARTS) is 1. The van der Waals surface area contributed by atoms with Crippen LogP contribution in [-0.4, -0.2) is 30.7 Å². The van der Waals surface area contributed by atoms with Crippen LogP contribution in [0, 0.1) is 0 Å². The number of rotatable bonds is 4. The molecule has 0 aliphatic carbocycles. The van der Waals surface area contributed by atoms with Gasteiger partial charge in [-0.3, -0.25) is 14.2 Å². The van der Waals surface area contributed by atoms with E-state index in [1.54, 1.807) is 6.92 Å². The predicted molar refractivity (Wildman–Crippen MR) is 62.3 cm³/mol. The second-order valence-electron chi connectivity index (χ2n) is 3.43. The van der Waals surface area contributed by atoms with Crippen molar-refractivity contribution in [3.05, 3.63) is 20.8 Å². The number of carboxylic acids is 1. The molecule has 0 fully saturated rings. The Morgan fingerprint density at radius 3 is 2.53 bits per heavy atom.